The number of amides is 1. The lowest BCUT2D eigenvalue weighted by atomic mass is 10.2. The van der Waals surface area contributed by atoms with Crippen molar-refractivity contribution in [3.05, 3.63) is 63.2 Å². The summed E-state index contributed by atoms with van der Waals surface area (Å²) in [5, 5.41) is 14.2. The third-order valence-corrected chi connectivity index (χ3v) is 5.10. The van der Waals surface area contributed by atoms with Crippen molar-refractivity contribution in [2.75, 3.05) is 12.3 Å². The van der Waals surface area contributed by atoms with Gasteiger partial charge in [0.05, 0.1) is 21.6 Å². The lowest BCUT2D eigenvalue weighted by Gasteiger charge is -2.09. The molecule has 0 fully saturated rings. The van der Waals surface area contributed by atoms with E-state index >= 15 is 0 Å². The number of hydrogen-bond donors (Lipinski definition) is 2. The fraction of sp³-hybridized carbons (Fsp3) is 0.190. The van der Waals surface area contributed by atoms with Crippen molar-refractivity contribution in [3.8, 4) is 5.69 Å². The summed E-state index contributed by atoms with van der Waals surface area (Å²) in [7, 11) is 0. The first-order valence-corrected chi connectivity index (χ1v) is 9.95. The number of rotatable bonds is 5. The highest BCUT2D eigenvalue weighted by molar-refractivity contribution is 6.32. The summed E-state index contributed by atoms with van der Waals surface area (Å²) in [4.78, 5) is 33.1. The Hall–Kier alpha value is -3.72. The second kappa shape index (κ2) is 7.84. The van der Waals surface area contributed by atoms with Gasteiger partial charge in [0.15, 0.2) is 5.65 Å². The highest BCUT2D eigenvalue weighted by atomic mass is 35.5. The molecule has 0 bridgehead atoms. The molecule has 0 radical (unpaired) electrons. The van der Waals surface area contributed by atoms with E-state index in [1.165, 1.54) is 16.7 Å². The highest BCUT2D eigenvalue weighted by Gasteiger charge is 2.26. The fourth-order valence-corrected chi connectivity index (χ4v) is 3.50. The van der Waals surface area contributed by atoms with Crippen LogP contribution in [0.1, 0.15) is 24.2 Å². The second-order valence-corrected chi connectivity index (χ2v) is 7.88. The zero-order valence-corrected chi connectivity index (χ0v) is 17.6. The van der Waals surface area contributed by atoms with Gasteiger partial charge in [-0.15, -0.1) is 0 Å². The largest absolute Gasteiger partial charge is 0.384 e. The normalized spacial score (nSPS) is 11.4. The van der Waals surface area contributed by atoms with Crippen LogP contribution in [0.25, 0.3) is 27.9 Å². The molecule has 31 heavy (non-hydrogen) atoms. The predicted octanol–water partition coefficient (Wildman–Crippen LogP) is 4.10. The highest BCUT2D eigenvalue weighted by Crippen LogP contribution is 2.34. The van der Waals surface area contributed by atoms with E-state index in [0.29, 0.717) is 34.4 Å². The Labute approximate surface area is 182 Å². The molecule has 4 rings (SSSR count). The minimum absolute atomic E-state index is 0.00443. The van der Waals surface area contributed by atoms with Crippen molar-refractivity contribution in [2.45, 2.75) is 13.8 Å². The van der Waals surface area contributed by atoms with Crippen LogP contribution in [-0.4, -0.2) is 31.9 Å². The van der Waals surface area contributed by atoms with Crippen molar-refractivity contribution >= 4 is 51.2 Å². The molecule has 0 unspecified atom stereocenters. The van der Waals surface area contributed by atoms with Gasteiger partial charge in [0, 0.05) is 12.6 Å². The Morgan fingerprint density at radius 2 is 1.90 bits per heavy atom. The molecule has 4 aromatic rings. The van der Waals surface area contributed by atoms with Gasteiger partial charge in [-0.2, -0.15) is 0 Å². The van der Waals surface area contributed by atoms with E-state index in [2.05, 4.69) is 15.3 Å². The summed E-state index contributed by atoms with van der Waals surface area (Å²) in [6.45, 7) is 4.42. The molecule has 2 aromatic heterocycles. The first kappa shape index (κ1) is 20.5. The van der Waals surface area contributed by atoms with Crippen molar-refractivity contribution in [1.82, 2.24) is 19.9 Å². The minimum Gasteiger partial charge on any atom is -0.384 e. The number of hydrogen-bond acceptors (Lipinski definition) is 6. The van der Waals surface area contributed by atoms with Crippen LogP contribution < -0.4 is 11.1 Å². The van der Waals surface area contributed by atoms with Gasteiger partial charge in [-0.25, -0.2) is 9.97 Å². The van der Waals surface area contributed by atoms with Crippen LogP contribution in [-0.2, 0) is 0 Å². The number of nitrogens with zero attached hydrogens (tertiary/aromatic N) is 4. The van der Waals surface area contributed by atoms with Crippen LogP contribution in [0, 0.1) is 16.0 Å². The molecule has 2 aromatic carbocycles. The number of benzene rings is 2. The molecule has 0 aliphatic heterocycles. The van der Waals surface area contributed by atoms with Gasteiger partial charge in [-0.3, -0.25) is 19.5 Å². The molecular formula is C21H19ClN6O3. The SMILES string of the molecule is CC(C)CNC(=O)c1c(N)n(-c2ccc(Cl)c([N+](=O)[O-])c2)c2nc3ccccc3nc12. The monoisotopic (exact) mass is 438 g/mol. The average molecular weight is 439 g/mol. The van der Waals surface area contributed by atoms with E-state index in [-0.39, 0.29) is 33.9 Å². The summed E-state index contributed by atoms with van der Waals surface area (Å²) in [6, 6.07) is 11.5. The summed E-state index contributed by atoms with van der Waals surface area (Å²) in [5.41, 5.74) is 8.49. The van der Waals surface area contributed by atoms with Gasteiger partial charge in [0.25, 0.3) is 11.6 Å². The fourth-order valence-electron chi connectivity index (χ4n) is 3.31. The second-order valence-electron chi connectivity index (χ2n) is 7.48. The van der Waals surface area contributed by atoms with Crippen LogP contribution >= 0.6 is 11.6 Å². The van der Waals surface area contributed by atoms with E-state index in [1.807, 2.05) is 26.0 Å². The Morgan fingerprint density at radius 3 is 2.55 bits per heavy atom. The number of nitrogens with two attached hydrogens (primary N) is 1. The van der Waals surface area contributed by atoms with Gasteiger partial charge in [0.2, 0.25) is 0 Å². The molecule has 0 atom stereocenters. The Balaban J connectivity index is 2.02. The number of nitro benzene ring substituents is 1. The minimum atomic E-state index is -0.578. The molecule has 10 heteroatoms. The molecule has 158 valence electrons. The van der Waals surface area contributed by atoms with Crippen LogP contribution in [0.2, 0.25) is 5.02 Å². The van der Waals surface area contributed by atoms with E-state index < -0.39 is 4.92 Å². The first-order valence-electron chi connectivity index (χ1n) is 9.57. The smallest absolute Gasteiger partial charge is 0.289 e. The summed E-state index contributed by atoms with van der Waals surface area (Å²) in [5.74, 6) is -0.0597. The standard InChI is InChI=1S/C21H19ClN6O3/c1-11(2)10-24-21(29)17-18-20(26-15-6-4-3-5-14(15)25-18)27(19(17)23)12-7-8-13(22)16(9-12)28(30)31/h3-9,11H,10,23H2,1-2H3,(H,24,29). The third-order valence-electron chi connectivity index (χ3n) is 4.78. The number of fused-ring (bicyclic) bond motifs is 2. The van der Waals surface area contributed by atoms with E-state index in [1.54, 1.807) is 18.2 Å². The number of anilines is 1. The van der Waals surface area contributed by atoms with Gasteiger partial charge < -0.3 is 11.1 Å². The number of carbonyl (C=O) groups is 1. The Kier molecular flexibility index (Phi) is 5.20. The van der Waals surface area contributed by atoms with Gasteiger partial charge >= 0.3 is 0 Å². The molecule has 0 aliphatic carbocycles. The topological polar surface area (TPSA) is 129 Å². The number of carbonyl (C=O) groups excluding carboxylic acids is 1. The predicted molar refractivity (Wildman–Crippen MR) is 120 cm³/mol. The van der Waals surface area contributed by atoms with Crippen LogP contribution in [0.15, 0.2) is 42.5 Å². The molecule has 0 saturated heterocycles. The molecule has 3 N–H and O–H groups in total. The van der Waals surface area contributed by atoms with Crippen LogP contribution in [0.4, 0.5) is 11.5 Å². The number of aromatic nitrogens is 3. The van der Waals surface area contributed by atoms with Crippen LogP contribution in [0.5, 0.6) is 0 Å². The van der Waals surface area contributed by atoms with Crippen molar-refractivity contribution in [1.29, 1.82) is 0 Å². The maximum Gasteiger partial charge on any atom is 0.289 e. The number of nitro groups is 1. The van der Waals surface area contributed by atoms with E-state index in [4.69, 9.17) is 17.3 Å². The molecule has 1 amide bonds. The van der Waals surface area contributed by atoms with E-state index in [0.717, 1.165) is 0 Å². The van der Waals surface area contributed by atoms with E-state index in [9.17, 15) is 14.9 Å². The zero-order chi connectivity index (χ0) is 22.3. The first-order chi connectivity index (χ1) is 14.8. The summed E-state index contributed by atoms with van der Waals surface area (Å²) < 4.78 is 1.49. The molecule has 0 aliphatic rings. The lowest BCUT2D eigenvalue weighted by molar-refractivity contribution is -0.384. The molecule has 0 spiro atoms. The number of para-hydroxylation sites is 2. The quantitative estimate of drug-likeness (QED) is 0.356. The summed E-state index contributed by atoms with van der Waals surface area (Å²) >= 11 is 5.97. The third kappa shape index (κ3) is 3.64. The number of nitrogen functional groups attached to an aromatic ring is 1. The molecular weight excluding hydrogens is 420 g/mol. The van der Waals surface area contributed by atoms with Gasteiger partial charge in [-0.1, -0.05) is 37.6 Å². The van der Waals surface area contributed by atoms with Crippen molar-refractivity contribution in [3.63, 3.8) is 0 Å². The Bertz CT molecular complexity index is 1350. The number of halogens is 1. The van der Waals surface area contributed by atoms with Gasteiger partial charge in [0.1, 0.15) is 21.9 Å². The number of nitrogens with one attached hydrogen (secondary N) is 1. The Morgan fingerprint density at radius 1 is 1.23 bits per heavy atom. The average Bonchev–Trinajstić information content (AvgIpc) is 3.01. The van der Waals surface area contributed by atoms with Crippen LogP contribution in [0.3, 0.4) is 0 Å². The maximum absolute atomic E-state index is 13.0. The zero-order valence-electron chi connectivity index (χ0n) is 16.8. The van der Waals surface area contributed by atoms with Crippen molar-refractivity contribution < 1.29 is 9.72 Å². The molecule has 2 heterocycles. The lowest BCUT2D eigenvalue weighted by Crippen LogP contribution is -2.28. The van der Waals surface area contributed by atoms with Gasteiger partial charge in [-0.05, 0) is 30.2 Å². The molecule has 0 saturated carbocycles. The maximum atomic E-state index is 13.0. The van der Waals surface area contributed by atoms with Crippen molar-refractivity contribution in [2.24, 2.45) is 5.92 Å². The molecule has 9 nitrogen and oxygen atoms in total. The summed E-state index contributed by atoms with van der Waals surface area (Å²) in [6.07, 6.45) is 0.